The van der Waals surface area contributed by atoms with Crippen LogP contribution in [0.15, 0.2) is 35.7 Å². The van der Waals surface area contributed by atoms with E-state index in [9.17, 15) is 9.90 Å². The number of hydrogen-bond acceptors (Lipinski definition) is 6. The van der Waals surface area contributed by atoms with Gasteiger partial charge in [0.2, 0.25) is 5.91 Å². The summed E-state index contributed by atoms with van der Waals surface area (Å²) in [5.41, 5.74) is 2.36. The minimum Gasteiger partial charge on any atom is -0.491 e. The molecule has 0 unspecified atom stereocenters. The van der Waals surface area contributed by atoms with Crippen molar-refractivity contribution in [2.24, 2.45) is 0 Å². The molecule has 2 aliphatic rings. The van der Waals surface area contributed by atoms with Gasteiger partial charge in [0.1, 0.15) is 12.4 Å². The van der Waals surface area contributed by atoms with Crippen LogP contribution in [0, 0.1) is 6.92 Å². The molecule has 1 aliphatic heterocycles. The molecule has 1 aromatic carbocycles. The number of nitrogens with zero attached hydrogens (tertiary/aromatic N) is 2. The molecule has 0 radical (unpaired) electrons. The second kappa shape index (κ2) is 11.0. The number of amides is 1. The molecule has 2 heterocycles. The van der Waals surface area contributed by atoms with Gasteiger partial charge in [-0.3, -0.25) is 9.69 Å². The molecule has 1 aliphatic carbocycles. The zero-order valence-electron chi connectivity index (χ0n) is 19.9. The minimum absolute atomic E-state index is 0.0815. The maximum absolute atomic E-state index is 13.5. The molecule has 1 saturated carbocycles. The van der Waals surface area contributed by atoms with Crippen molar-refractivity contribution in [3.8, 4) is 5.75 Å². The van der Waals surface area contributed by atoms with Crippen LogP contribution < -0.4 is 4.74 Å². The van der Waals surface area contributed by atoms with Crippen molar-refractivity contribution < 1.29 is 19.4 Å². The number of fused-ring (bicyclic) bond motifs is 1. The molecule has 0 bridgehead atoms. The Kier molecular flexibility index (Phi) is 8.07. The molecular formula is C26H36N2O4S. The van der Waals surface area contributed by atoms with Gasteiger partial charge in [0.15, 0.2) is 0 Å². The number of rotatable bonds is 11. The van der Waals surface area contributed by atoms with Crippen LogP contribution in [-0.2, 0) is 16.0 Å². The second-order valence-corrected chi connectivity index (χ2v) is 10.5. The molecule has 1 fully saturated rings. The molecule has 1 aromatic heterocycles. The highest BCUT2D eigenvalue weighted by atomic mass is 32.1. The van der Waals surface area contributed by atoms with E-state index in [1.54, 1.807) is 11.3 Å². The lowest BCUT2D eigenvalue weighted by atomic mass is 10.0. The molecular weight excluding hydrogens is 436 g/mol. The first kappa shape index (κ1) is 24.2. The van der Waals surface area contributed by atoms with Crippen molar-refractivity contribution in [1.82, 2.24) is 9.80 Å². The highest BCUT2D eigenvalue weighted by Crippen LogP contribution is 2.35. The van der Waals surface area contributed by atoms with Crippen LogP contribution in [0.3, 0.4) is 0 Å². The molecule has 180 valence electrons. The minimum atomic E-state index is -0.592. The Morgan fingerprint density at radius 1 is 1.30 bits per heavy atom. The van der Waals surface area contributed by atoms with E-state index in [-0.39, 0.29) is 18.1 Å². The summed E-state index contributed by atoms with van der Waals surface area (Å²) in [4.78, 5) is 19.0. The number of carbonyl (C=O) groups is 1. The van der Waals surface area contributed by atoms with Crippen molar-refractivity contribution >= 4 is 17.2 Å². The first-order valence-electron chi connectivity index (χ1n) is 12.0. The van der Waals surface area contributed by atoms with Crippen molar-refractivity contribution in [1.29, 1.82) is 0 Å². The molecule has 2 atom stereocenters. The predicted molar refractivity (Wildman–Crippen MR) is 131 cm³/mol. The van der Waals surface area contributed by atoms with E-state index in [0.29, 0.717) is 38.9 Å². The predicted octanol–water partition coefficient (Wildman–Crippen LogP) is 3.81. The number of aliphatic hydroxyl groups excluding tert-OH is 1. The highest BCUT2D eigenvalue weighted by molar-refractivity contribution is 7.10. The molecule has 6 nitrogen and oxygen atoms in total. The summed E-state index contributed by atoms with van der Waals surface area (Å²) in [7, 11) is 0. The zero-order chi connectivity index (χ0) is 23.4. The Hall–Kier alpha value is -1.93. The summed E-state index contributed by atoms with van der Waals surface area (Å²) in [6, 6.07) is 10.5. The second-order valence-electron chi connectivity index (χ2n) is 9.48. The number of benzene rings is 1. The fourth-order valence-corrected chi connectivity index (χ4v) is 5.36. The fourth-order valence-electron chi connectivity index (χ4n) is 4.43. The quantitative estimate of drug-likeness (QED) is 0.539. The van der Waals surface area contributed by atoms with Gasteiger partial charge in [-0.25, -0.2) is 0 Å². The molecule has 2 aromatic rings. The van der Waals surface area contributed by atoms with Crippen LogP contribution in [0.1, 0.15) is 48.7 Å². The van der Waals surface area contributed by atoms with Crippen molar-refractivity contribution in [3.63, 3.8) is 0 Å². The zero-order valence-corrected chi connectivity index (χ0v) is 20.7. The first-order valence-corrected chi connectivity index (χ1v) is 12.9. The number of aliphatic hydroxyl groups is 1. The standard InChI is InChI=1S/C26H36N2O4S/c1-18(2)31-16-21(29)14-27(20-7-8-20)15-26(30)28-11-9-25-23(10-12-33-25)24(28)17-32-22-6-4-5-19(3)13-22/h4-6,10,12-13,18,20-21,24,29H,7-9,11,14-17H2,1-3H3/t21-,24+/m1/s1. The molecule has 0 spiro atoms. The summed E-state index contributed by atoms with van der Waals surface area (Å²) < 4.78 is 11.7. The van der Waals surface area contributed by atoms with E-state index >= 15 is 0 Å². The summed E-state index contributed by atoms with van der Waals surface area (Å²) in [5.74, 6) is 0.936. The van der Waals surface area contributed by atoms with E-state index in [1.807, 2.05) is 49.9 Å². The Morgan fingerprint density at radius 2 is 2.12 bits per heavy atom. The van der Waals surface area contributed by atoms with Gasteiger partial charge < -0.3 is 19.5 Å². The third-order valence-electron chi connectivity index (χ3n) is 6.28. The summed E-state index contributed by atoms with van der Waals surface area (Å²) in [5, 5.41) is 12.6. The van der Waals surface area contributed by atoms with Crippen LogP contribution >= 0.6 is 11.3 Å². The molecule has 0 saturated heterocycles. The van der Waals surface area contributed by atoms with E-state index in [4.69, 9.17) is 9.47 Å². The van der Waals surface area contributed by atoms with Gasteiger partial charge in [0.05, 0.1) is 31.4 Å². The number of hydrogen-bond donors (Lipinski definition) is 1. The molecule has 1 N–H and O–H groups in total. The topological polar surface area (TPSA) is 62.2 Å². The average molecular weight is 473 g/mol. The Balaban J connectivity index is 1.42. The van der Waals surface area contributed by atoms with Gasteiger partial charge in [-0.05, 0) is 74.7 Å². The lowest BCUT2D eigenvalue weighted by Gasteiger charge is -2.37. The van der Waals surface area contributed by atoms with E-state index < -0.39 is 6.10 Å². The molecule has 1 amide bonds. The van der Waals surface area contributed by atoms with Crippen LogP contribution in [0.2, 0.25) is 0 Å². The maximum atomic E-state index is 13.5. The normalized spacial score (nSPS) is 19.1. The van der Waals surface area contributed by atoms with Gasteiger partial charge in [0, 0.05) is 24.0 Å². The average Bonchev–Trinajstić information content (AvgIpc) is 3.52. The summed E-state index contributed by atoms with van der Waals surface area (Å²) >= 11 is 1.76. The number of thiophene rings is 1. The molecule has 4 rings (SSSR count). The molecule has 7 heteroatoms. The van der Waals surface area contributed by atoms with Gasteiger partial charge in [-0.2, -0.15) is 0 Å². The number of aryl methyl sites for hydroxylation is 1. The van der Waals surface area contributed by atoms with Crippen LogP contribution in [0.25, 0.3) is 0 Å². The monoisotopic (exact) mass is 472 g/mol. The van der Waals surface area contributed by atoms with Gasteiger partial charge >= 0.3 is 0 Å². The third kappa shape index (κ3) is 6.57. The largest absolute Gasteiger partial charge is 0.491 e. The van der Waals surface area contributed by atoms with Crippen molar-refractivity contribution in [3.05, 3.63) is 51.7 Å². The lowest BCUT2D eigenvalue weighted by Crippen LogP contribution is -2.48. The van der Waals surface area contributed by atoms with Gasteiger partial charge in [-0.1, -0.05) is 12.1 Å². The van der Waals surface area contributed by atoms with Gasteiger partial charge in [-0.15, -0.1) is 11.3 Å². The van der Waals surface area contributed by atoms with Crippen molar-refractivity contribution in [2.45, 2.75) is 64.3 Å². The van der Waals surface area contributed by atoms with E-state index in [0.717, 1.165) is 30.6 Å². The van der Waals surface area contributed by atoms with Crippen LogP contribution in [0.5, 0.6) is 5.75 Å². The summed E-state index contributed by atoms with van der Waals surface area (Å²) in [6.07, 6.45) is 2.54. The van der Waals surface area contributed by atoms with Crippen LogP contribution in [-0.4, -0.2) is 71.9 Å². The Labute approximate surface area is 201 Å². The first-order chi connectivity index (χ1) is 15.9. The van der Waals surface area contributed by atoms with Gasteiger partial charge in [0.25, 0.3) is 0 Å². The third-order valence-corrected chi connectivity index (χ3v) is 7.28. The SMILES string of the molecule is Cc1cccc(OC[C@H]2c3ccsc3CCN2C(=O)CN(C[C@@H](O)COC(C)C)C2CC2)c1. The van der Waals surface area contributed by atoms with Crippen molar-refractivity contribution in [2.75, 3.05) is 32.8 Å². The number of carbonyl (C=O) groups excluding carboxylic acids is 1. The maximum Gasteiger partial charge on any atom is 0.237 e. The Morgan fingerprint density at radius 3 is 2.85 bits per heavy atom. The lowest BCUT2D eigenvalue weighted by molar-refractivity contribution is -0.136. The van der Waals surface area contributed by atoms with E-state index in [1.165, 1.54) is 10.4 Å². The fraction of sp³-hybridized carbons (Fsp3) is 0.577. The van der Waals surface area contributed by atoms with E-state index in [2.05, 4.69) is 16.3 Å². The van der Waals surface area contributed by atoms with Crippen LogP contribution in [0.4, 0.5) is 0 Å². The summed E-state index contributed by atoms with van der Waals surface area (Å²) in [6.45, 7) is 8.19. The smallest absolute Gasteiger partial charge is 0.237 e. The highest BCUT2D eigenvalue weighted by Gasteiger charge is 2.36. The Bertz CT molecular complexity index is 927. The number of ether oxygens (including phenoxy) is 2. The molecule has 33 heavy (non-hydrogen) atoms.